The molecule has 0 unspecified atom stereocenters. The van der Waals surface area contributed by atoms with Gasteiger partial charge < -0.3 is 15.5 Å². The van der Waals surface area contributed by atoms with E-state index in [9.17, 15) is 0 Å². The van der Waals surface area contributed by atoms with Crippen LogP contribution in [0, 0.1) is 0 Å². The van der Waals surface area contributed by atoms with Crippen molar-refractivity contribution in [2.75, 3.05) is 37.8 Å². The smallest absolute Gasteiger partial charge is 0.134 e. The van der Waals surface area contributed by atoms with Crippen molar-refractivity contribution in [2.24, 2.45) is 0 Å². The molecule has 19 heavy (non-hydrogen) atoms. The van der Waals surface area contributed by atoms with Crippen LogP contribution in [-0.4, -0.2) is 48.1 Å². The molecule has 1 fully saturated rings. The van der Waals surface area contributed by atoms with Gasteiger partial charge in [-0.2, -0.15) is 0 Å². The number of likely N-dealkylation sites (tertiary alicyclic amines) is 1. The number of hydrogen-bond donors (Lipinski definition) is 1. The molecule has 1 aliphatic heterocycles. The number of rotatable bonds is 4. The number of piperidine rings is 1. The normalized spacial score (nSPS) is 17.6. The van der Waals surface area contributed by atoms with Crippen LogP contribution in [0.2, 0.25) is 0 Å². The SMILES string of the molecule is CCCc1nc(N)cc(N(C)C2CCN(C)CC2)n1. The van der Waals surface area contributed by atoms with E-state index in [0.29, 0.717) is 11.9 Å². The Bertz CT molecular complexity index is 412. The van der Waals surface area contributed by atoms with Gasteiger partial charge in [0.05, 0.1) is 0 Å². The van der Waals surface area contributed by atoms with Crippen molar-refractivity contribution >= 4 is 11.6 Å². The quantitative estimate of drug-likeness (QED) is 0.893. The molecular weight excluding hydrogens is 238 g/mol. The monoisotopic (exact) mass is 263 g/mol. The lowest BCUT2D eigenvalue weighted by molar-refractivity contribution is 0.252. The Morgan fingerprint density at radius 2 is 2.05 bits per heavy atom. The highest BCUT2D eigenvalue weighted by Crippen LogP contribution is 2.21. The second-order valence-electron chi connectivity index (χ2n) is 5.46. The maximum Gasteiger partial charge on any atom is 0.134 e. The number of aryl methyl sites for hydroxylation is 1. The highest BCUT2D eigenvalue weighted by Gasteiger charge is 2.22. The summed E-state index contributed by atoms with van der Waals surface area (Å²) in [5.41, 5.74) is 5.89. The minimum absolute atomic E-state index is 0.556. The lowest BCUT2D eigenvalue weighted by Gasteiger charge is -2.35. The summed E-state index contributed by atoms with van der Waals surface area (Å²) in [5.74, 6) is 2.40. The first-order valence-electron chi connectivity index (χ1n) is 7.15. The summed E-state index contributed by atoms with van der Waals surface area (Å²) in [6.45, 7) is 4.43. The van der Waals surface area contributed by atoms with Crippen molar-refractivity contribution < 1.29 is 0 Å². The molecule has 0 saturated carbocycles. The number of anilines is 2. The van der Waals surface area contributed by atoms with Gasteiger partial charge in [-0.1, -0.05) is 6.92 Å². The average molecular weight is 263 g/mol. The zero-order chi connectivity index (χ0) is 13.8. The number of nitrogens with two attached hydrogens (primary N) is 1. The zero-order valence-electron chi connectivity index (χ0n) is 12.3. The lowest BCUT2D eigenvalue weighted by Crippen LogP contribution is -2.42. The van der Waals surface area contributed by atoms with Gasteiger partial charge in [0, 0.05) is 25.6 Å². The van der Waals surface area contributed by atoms with Crippen LogP contribution in [-0.2, 0) is 6.42 Å². The summed E-state index contributed by atoms with van der Waals surface area (Å²) in [5, 5.41) is 0. The molecule has 2 heterocycles. The molecule has 5 heteroatoms. The molecule has 1 aliphatic rings. The Morgan fingerprint density at radius 1 is 1.37 bits per heavy atom. The molecule has 1 aromatic rings. The predicted molar refractivity (Wildman–Crippen MR) is 79.4 cm³/mol. The summed E-state index contributed by atoms with van der Waals surface area (Å²) in [6.07, 6.45) is 4.29. The van der Waals surface area contributed by atoms with Crippen molar-refractivity contribution in [1.29, 1.82) is 0 Å². The fourth-order valence-corrected chi connectivity index (χ4v) is 2.59. The standard InChI is InChI=1S/C14H25N5/c1-4-5-13-16-12(15)10-14(17-13)19(3)11-6-8-18(2)9-7-11/h10-11H,4-9H2,1-3H3,(H2,15,16,17). The number of nitrogens with zero attached hydrogens (tertiary/aromatic N) is 4. The Labute approximate surface area is 115 Å². The molecule has 0 spiro atoms. The van der Waals surface area contributed by atoms with Crippen LogP contribution < -0.4 is 10.6 Å². The molecule has 0 aliphatic carbocycles. The highest BCUT2D eigenvalue weighted by molar-refractivity contribution is 5.47. The summed E-state index contributed by atoms with van der Waals surface area (Å²) >= 11 is 0. The minimum atomic E-state index is 0.556. The molecule has 2 rings (SSSR count). The summed E-state index contributed by atoms with van der Waals surface area (Å²) < 4.78 is 0. The van der Waals surface area contributed by atoms with Crippen LogP contribution in [0.15, 0.2) is 6.07 Å². The van der Waals surface area contributed by atoms with E-state index in [1.807, 2.05) is 6.07 Å². The van der Waals surface area contributed by atoms with Crippen LogP contribution in [0.4, 0.5) is 11.6 Å². The zero-order valence-corrected chi connectivity index (χ0v) is 12.3. The van der Waals surface area contributed by atoms with Crippen LogP contribution in [0.25, 0.3) is 0 Å². The Kier molecular flexibility index (Phi) is 4.58. The van der Waals surface area contributed by atoms with Crippen LogP contribution >= 0.6 is 0 Å². The van der Waals surface area contributed by atoms with E-state index in [-0.39, 0.29) is 0 Å². The van der Waals surface area contributed by atoms with E-state index < -0.39 is 0 Å². The Hall–Kier alpha value is -1.36. The molecular formula is C14H25N5. The summed E-state index contributed by atoms with van der Waals surface area (Å²) in [4.78, 5) is 13.6. The fraction of sp³-hybridized carbons (Fsp3) is 0.714. The van der Waals surface area contributed by atoms with Gasteiger partial charge in [0.25, 0.3) is 0 Å². The molecule has 0 aromatic carbocycles. The topological polar surface area (TPSA) is 58.3 Å². The van der Waals surface area contributed by atoms with E-state index in [1.165, 1.54) is 12.8 Å². The van der Waals surface area contributed by atoms with Gasteiger partial charge in [-0.15, -0.1) is 0 Å². The summed E-state index contributed by atoms with van der Waals surface area (Å²) in [6, 6.07) is 2.44. The van der Waals surface area contributed by atoms with Crippen molar-refractivity contribution in [3.8, 4) is 0 Å². The predicted octanol–water partition coefficient (Wildman–Crippen LogP) is 1.54. The molecule has 1 aromatic heterocycles. The van der Waals surface area contributed by atoms with Crippen LogP contribution in [0.3, 0.4) is 0 Å². The van der Waals surface area contributed by atoms with Gasteiger partial charge in [-0.3, -0.25) is 0 Å². The first-order chi connectivity index (χ1) is 9.10. The van der Waals surface area contributed by atoms with Crippen LogP contribution in [0.1, 0.15) is 32.0 Å². The number of hydrogen-bond acceptors (Lipinski definition) is 5. The van der Waals surface area contributed by atoms with Gasteiger partial charge in [0.2, 0.25) is 0 Å². The molecule has 2 N–H and O–H groups in total. The van der Waals surface area contributed by atoms with Gasteiger partial charge in [-0.05, 0) is 39.4 Å². The fourth-order valence-electron chi connectivity index (χ4n) is 2.59. The third-order valence-electron chi connectivity index (χ3n) is 3.85. The van der Waals surface area contributed by atoms with Gasteiger partial charge in [0.15, 0.2) is 0 Å². The largest absolute Gasteiger partial charge is 0.384 e. The van der Waals surface area contributed by atoms with Gasteiger partial charge in [-0.25, -0.2) is 9.97 Å². The first-order valence-corrected chi connectivity index (χ1v) is 7.15. The van der Waals surface area contributed by atoms with E-state index in [2.05, 4.69) is 40.8 Å². The molecule has 0 atom stereocenters. The highest BCUT2D eigenvalue weighted by atomic mass is 15.2. The second-order valence-corrected chi connectivity index (χ2v) is 5.46. The van der Waals surface area contributed by atoms with E-state index >= 15 is 0 Å². The Morgan fingerprint density at radius 3 is 2.68 bits per heavy atom. The third-order valence-corrected chi connectivity index (χ3v) is 3.85. The lowest BCUT2D eigenvalue weighted by atomic mass is 10.0. The van der Waals surface area contributed by atoms with Crippen molar-refractivity contribution in [3.05, 3.63) is 11.9 Å². The van der Waals surface area contributed by atoms with E-state index in [4.69, 9.17) is 5.73 Å². The molecule has 0 radical (unpaired) electrons. The van der Waals surface area contributed by atoms with E-state index in [0.717, 1.165) is 37.6 Å². The number of aromatic nitrogens is 2. The van der Waals surface area contributed by atoms with Gasteiger partial charge in [0.1, 0.15) is 17.5 Å². The molecule has 0 amide bonds. The van der Waals surface area contributed by atoms with Crippen molar-refractivity contribution in [3.63, 3.8) is 0 Å². The van der Waals surface area contributed by atoms with Crippen molar-refractivity contribution in [2.45, 2.75) is 38.6 Å². The summed E-state index contributed by atoms with van der Waals surface area (Å²) in [7, 11) is 4.30. The second kappa shape index (κ2) is 6.19. The van der Waals surface area contributed by atoms with Crippen molar-refractivity contribution in [1.82, 2.24) is 14.9 Å². The minimum Gasteiger partial charge on any atom is -0.384 e. The van der Waals surface area contributed by atoms with Gasteiger partial charge >= 0.3 is 0 Å². The maximum absolute atomic E-state index is 5.89. The third kappa shape index (κ3) is 3.56. The maximum atomic E-state index is 5.89. The Balaban J connectivity index is 2.11. The van der Waals surface area contributed by atoms with E-state index in [1.54, 1.807) is 0 Å². The van der Waals surface area contributed by atoms with Crippen LogP contribution in [0.5, 0.6) is 0 Å². The average Bonchev–Trinajstić information content (AvgIpc) is 2.38. The number of nitrogen functional groups attached to an aromatic ring is 1. The molecule has 5 nitrogen and oxygen atoms in total. The first kappa shape index (κ1) is 14.1. The molecule has 1 saturated heterocycles. The molecule has 106 valence electrons. The molecule has 0 bridgehead atoms.